The highest BCUT2D eigenvalue weighted by atomic mass is 16.5. The van der Waals surface area contributed by atoms with Gasteiger partial charge >= 0.3 is 11.9 Å². The fraction of sp³-hybridized carbons (Fsp3) is 0.188. The van der Waals surface area contributed by atoms with E-state index in [4.69, 9.17) is 9.84 Å². The molecular formula is C16H15NO5. The minimum atomic E-state index is -1.34. The predicted octanol–water partition coefficient (Wildman–Crippen LogP) is 1.77. The van der Waals surface area contributed by atoms with E-state index in [1.165, 1.54) is 16.8 Å². The average molecular weight is 301 g/mol. The SMILES string of the molecule is CCOC(=O)c1c(C(=O)O)ccn(Cc2ccccc2)c1=O. The third kappa shape index (κ3) is 3.22. The van der Waals surface area contributed by atoms with Crippen LogP contribution in [-0.4, -0.2) is 28.2 Å². The van der Waals surface area contributed by atoms with Crippen molar-refractivity contribution in [3.05, 3.63) is 69.6 Å². The number of carboxylic acid groups (broad SMARTS) is 1. The summed E-state index contributed by atoms with van der Waals surface area (Å²) < 4.78 is 6.07. The number of ether oxygens (including phenoxy) is 1. The van der Waals surface area contributed by atoms with Crippen LogP contribution in [-0.2, 0) is 11.3 Å². The van der Waals surface area contributed by atoms with E-state index in [9.17, 15) is 14.4 Å². The highest BCUT2D eigenvalue weighted by Gasteiger charge is 2.23. The third-order valence-corrected chi connectivity index (χ3v) is 3.07. The molecule has 1 aromatic carbocycles. The molecule has 0 radical (unpaired) electrons. The van der Waals surface area contributed by atoms with Gasteiger partial charge in [0.1, 0.15) is 5.56 Å². The first-order valence-electron chi connectivity index (χ1n) is 6.72. The molecule has 0 amide bonds. The molecule has 114 valence electrons. The molecule has 0 spiro atoms. The number of nitrogens with zero attached hydrogens (tertiary/aromatic N) is 1. The van der Waals surface area contributed by atoms with Crippen LogP contribution < -0.4 is 5.56 Å². The molecule has 1 N–H and O–H groups in total. The van der Waals surface area contributed by atoms with Gasteiger partial charge in [-0.2, -0.15) is 0 Å². The molecule has 0 saturated heterocycles. The first-order chi connectivity index (χ1) is 10.5. The molecule has 1 heterocycles. The van der Waals surface area contributed by atoms with E-state index < -0.39 is 23.1 Å². The Bertz CT molecular complexity index is 749. The zero-order valence-electron chi connectivity index (χ0n) is 12.0. The number of esters is 1. The second-order valence-corrected chi connectivity index (χ2v) is 4.55. The number of aromatic carboxylic acids is 1. The molecule has 0 bridgehead atoms. The molecule has 22 heavy (non-hydrogen) atoms. The van der Waals surface area contributed by atoms with E-state index in [-0.39, 0.29) is 18.7 Å². The Labute approximate surface area is 126 Å². The molecule has 0 fully saturated rings. The van der Waals surface area contributed by atoms with Gasteiger partial charge in [0.15, 0.2) is 0 Å². The smallest absolute Gasteiger partial charge is 0.344 e. The van der Waals surface area contributed by atoms with Crippen LogP contribution in [0.3, 0.4) is 0 Å². The van der Waals surface area contributed by atoms with E-state index in [1.807, 2.05) is 30.3 Å². The van der Waals surface area contributed by atoms with Crippen LogP contribution in [0.25, 0.3) is 0 Å². The highest BCUT2D eigenvalue weighted by Crippen LogP contribution is 2.08. The lowest BCUT2D eigenvalue weighted by atomic mass is 10.1. The largest absolute Gasteiger partial charge is 0.478 e. The second kappa shape index (κ2) is 6.71. The fourth-order valence-corrected chi connectivity index (χ4v) is 2.06. The summed E-state index contributed by atoms with van der Waals surface area (Å²) in [5, 5.41) is 9.13. The summed E-state index contributed by atoms with van der Waals surface area (Å²) >= 11 is 0. The highest BCUT2D eigenvalue weighted by molar-refractivity contribution is 6.02. The monoisotopic (exact) mass is 301 g/mol. The normalized spacial score (nSPS) is 10.2. The Hall–Kier alpha value is -2.89. The summed E-state index contributed by atoms with van der Waals surface area (Å²) in [6.07, 6.45) is 1.36. The van der Waals surface area contributed by atoms with Crippen molar-refractivity contribution in [2.45, 2.75) is 13.5 Å². The molecule has 0 atom stereocenters. The fourth-order valence-electron chi connectivity index (χ4n) is 2.06. The lowest BCUT2D eigenvalue weighted by Gasteiger charge is -2.10. The Morgan fingerprint density at radius 2 is 1.86 bits per heavy atom. The molecule has 0 aliphatic rings. The molecular weight excluding hydrogens is 286 g/mol. The summed E-state index contributed by atoms with van der Waals surface area (Å²) in [6.45, 7) is 1.89. The molecule has 1 aromatic heterocycles. The number of carbonyl (C=O) groups is 2. The van der Waals surface area contributed by atoms with Crippen LogP contribution in [0.15, 0.2) is 47.4 Å². The van der Waals surface area contributed by atoms with Crippen LogP contribution >= 0.6 is 0 Å². The van der Waals surface area contributed by atoms with Crippen LogP contribution in [0.4, 0.5) is 0 Å². The van der Waals surface area contributed by atoms with Gasteiger partial charge in [0.05, 0.1) is 18.7 Å². The van der Waals surface area contributed by atoms with E-state index in [1.54, 1.807) is 6.92 Å². The second-order valence-electron chi connectivity index (χ2n) is 4.55. The van der Waals surface area contributed by atoms with Crippen molar-refractivity contribution >= 4 is 11.9 Å². The minimum absolute atomic E-state index is 0.0604. The molecule has 0 aliphatic carbocycles. The third-order valence-electron chi connectivity index (χ3n) is 3.07. The molecule has 0 aliphatic heterocycles. The van der Waals surface area contributed by atoms with Gasteiger partial charge in [-0.25, -0.2) is 9.59 Å². The van der Waals surface area contributed by atoms with Crippen LogP contribution in [0, 0.1) is 0 Å². The minimum Gasteiger partial charge on any atom is -0.478 e. The lowest BCUT2D eigenvalue weighted by molar-refractivity contribution is 0.0511. The molecule has 6 heteroatoms. The van der Waals surface area contributed by atoms with Crippen LogP contribution in [0.1, 0.15) is 33.2 Å². The van der Waals surface area contributed by atoms with Gasteiger partial charge in [-0.15, -0.1) is 0 Å². The topological polar surface area (TPSA) is 85.6 Å². The van der Waals surface area contributed by atoms with Crippen molar-refractivity contribution < 1.29 is 19.4 Å². The van der Waals surface area contributed by atoms with Gasteiger partial charge in [0, 0.05) is 6.20 Å². The van der Waals surface area contributed by atoms with E-state index in [0.29, 0.717) is 0 Å². The van der Waals surface area contributed by atoms with Crippen molar-refractivity contribution in [1.29, 1.82) is 0 Å². The van der Waals surface area contributed by atoms with Crippen molar-refractivity contribution in [2.75, 3.05) is 6.61 Å². The Balaban J connectivity index is 2.50. The number of rotatable bonds is 5. The van der Waals surface area contributed by atoms with Gasteiger partial charge in [-0.1, -0.05) is 30.3 Å². The zero-order valence-corrected chi connectivity index (χ0v) is 12.0. The summed E-state index contributed by atoms with van der Waals surface area (Å²) in [5.74, 6) is -2.26. The van der Waals surface area contributed by atoms with Gasteiger partial charge in [-0.3, -0.25) is 4.79 Å². The number of benzene rings is 1. The number of hydrogen-bond acceptors (Lipinski definition) is 4. The molecule has 0 unspecified atom stereocenters. The van der Waals surface area contributed by atoms with Crippen molar-refractivity contribution in [1.82, 2.24) is 4.57 Å². The van der Waals surface area contributed by atoms with E-state index in [0.717, 1.165) is 5.56 Å². The van der Waals surface area contributed by atoms with Gasteiger partial charge in [0.25, 0.3) is 5.56 Å². The maximum absolute atomic E-state index is 12.4. The van der Waals surface area contributed by atoms with Gasteiger partial charge in [0.2, 0.25) is 0 Å². The number of carbonyl (C=O) groups excluding carboxylic acids is 1. The number of hydrogen-bond donors (Lipinski definition) is 1. The summed E-state index contributed by atoms with van der Waals surface area (Å²) in [5.41, 5.74) is -0.620. The first kappa shape index (κ1) is 15.5. The lowest BCUT2D eigenvalue weighted by Crippen LogP contribution is -2.30. The van der Waals surface area contributed by atoms with Crippen LogP contribution in [0.5, 0.6) is 0 Å². The Morgan fingerprint density at radius 1 is 1.18 bits per heavy atom. The standard InChI is InChI=1S/C16H15NO5/c1-2-22-16(21)13-12(15(19)20)8-9-17(14(13)18)10-11-6-4-3-5-7-11/h3-9H,2,10H2,1H3,(H,19,20). The van der Waals surface area contributed by atoms with E-state index in [2.05, 4.69) is 0 Å². The summed E-state index contributed by atoms with van der Waals surface area (Å²) in [7, 11) is 0. The average Bonchev–Trinajstić information content (AvgIpc) is 2.50. The van der Waals surface area contributed by atoms with Gasteiger partial charge < -0.3 is 14.4 Å². The van der Waals surface area contributed by atoms with Crippen molar-refractivity contribution in [3.63, 3.8) is 0 Å². The molecule has 2 rings (SSSR count). The zero-order chi connectivity index (χ0) is 16.1. The predicted molar refractivity (Wildman–Crippen MR) is 79.2 cm³/mol. The number of pyridine rings is 1. The number of carboxylic acids is 1. The maximum Gasteiger partial charge on any atom is 0.344 e. The molecule has 0 saturated carbocycles. The Morgan fingerprint density at radius 3 is 2.45 bits per heavy atom. The number of aromatic nitrogens is 1. The maximum atomic E-state index is 12.4. The van der Waals surface area contributed by atoms with Gasteiger partial charge in [-0.05, 0) is 18.6 Å². The summed E-state index contributed by atoms with van der Waals surface area (Å²) in [4.78, 5) is 35.5. The van der Waals surface area contributed by atoms with Crippen LogP contribution in [0.2, 0.25) is 0 Å². The molecule has 2 aromatic rings. The molecule has 6 nitrogen and oxygen atoms in total. The first-order valence-corrected chi connectivity index (χ1v) is 6.72. The summed E-state index contributed by atoms with van der Waals surface area (Å²) in [6, 6.07) is 10.4. The van der Waals surface area contributed by atoms with E-state index >= 15 is 0 Å². The Kier molecular flexibility index (Phi) is 4.73. The quantitative estimate of drug-likeness (QED) is 0.851. The van der Waals surface area contributed by atoms with Crippen molar-refractivity contribution in [2.24, 2.45) is 0 Å². The van der Waals surface area contributed by atoms with Crippen molar-refractivity contribution in [3.8, 4) is 0 Å².